The molecule has 1 heterocycles. The standard InChI is InChI=1S/C14H8ClF3N2/c15-9-3-8(1-2-10(9)16)6-20-7-19-13-4-11(17)12(18)5-14(13)20/h1-5,7H,6H2. The minimum absolute atomic E-state index is 0.0177. The Morgan fingerprint density at radius 1 is 1.00 bits per heavy atom. The van der Waals surface area contributed by atoms with E-state index in [0.717, 1.165) is 17.7 Å². The summed E-state index contributed by atoms with van der Waals surface area (Å²) in [5.74, 6) is -2.37. The monoisotopic (exact) mass is 296 g/mol. The average molecular weight is 297 g/mol. The van der Waals surface area contributed by atoms with Crippen molar-refractivity contribution in [3.05, 3.63) is 64.7 Å². The molecular weight excluding hydrogens is 289 g/mol. The molecule has 0 aliphatic heterocycles. The van der Waals surface area contributed by atoms with Crippen LogP contribution in [0, 0.1) is 17.5 Å². The quantitative estimate of drug-likeness (QED) is 0.694. The molecule has 0 radical (unpaired) electrons. The number of benzene rings is 2. The largest absolute Gasteiger partial charge is 0.326 e. The fourth-order valence-electron chi connectivity index (χ4n) is 2.01. The van der Waals surface area contributed by atoms with Gasteiger partial charge in [0.05, 0.1) is 22.4 Å². The van der Waals surface area contributed by atoms with Gasteiger partial charge in [-0.25, -0.2) is 18.2 Å². The second-order valence-corrected chi connectivity index (χ2v) is 4.78. The van der Waals surface area contributed by atoms with Crippen molar-refractivity contribution >= 4 is 22.6 Å². The van der Waals surface area contributed by atoms with E-state index in [1.165, 1.54) is 18.5 Å². The minimum Gasteiger partial charge on any atom is -0.326 e. The lowest BCUT2D eigenvalue weighted by atomic mass is 10.2. The van der Waals surface area contributed by atoms with Crippen molar-refractivity contribution in [3.63, 3.8) is 0 Å². The van der Waals surface area contributed by atoms with Crippen LogP contribution in [0.2, 0.25) is 5.02 Å². The van der Waals surface area contributed by atoms with E-state index in [1.807, 2.05) is 0 Å². The Labute approximate surface area is 117 Å². The molecular formula is C14H8ClF3N2. The maximum atomic E-state index is 13.3. The highest BCUT2D eigenvalue weighted by atomic mass is 35.5. The van der Waals surface area contributed by atoms with E-state index in [0.29, 0.717) is 17.6 Å². The molecule has 0 bridgehead atoms. The SMILES string of the molecule is Fc1cc2ncn(Cc3ccc(F)c(Cl)c3)c2cc1F. The van der Waals surface area contributed by atoms with Crippen LogP contribution in [-0.2, 0) is 6.54 Å². The lowest BCUT2D eigenvalue weighted by Gasteiger charge is -2.06. The van der Waals surface area contributed by atoms with Gasteiger partial charge in [0.25, 0.3) is 0 Å². The molecule has 0 unspecified atom stereocenters. The molecule has 0 atom stereocenters. The molecule has 0 spiro atoms. The van der Waals surface area contributed by atoms with Crippen LogP contribution in [0.25, 0.3) is 11.0 Å². The summed E-state index contributed by atoms with van der Waals surface area (Å²) in [6.07, 6.45) is 1.47. The van der Waals surface area contributed by atoms with E-state index in [-0.39, 0.29) is 5.02 Å². The normalized spacial score (nSPS) is 11.2. The summed E-state index contributed by atoms with van der Waals surface area (Å²) in [4.78, 5) is 4.01. The van der Waals surface area contributed by atoms with E-state index in [2.05, 4.69) is 4.98 Å². The molecule has 102 valence electrons. The zero-order valence-corrected chi connectivity index (χ0v) is 10.8. The Balaban J connectivity index is 2.02. The van der Waals surface area contributed by atoms with Crippen LogP contribution in [0.1, 0.15) is 5.56 Å². The fourth-order valence-corrected chi connectivity index (χ4v) is 2.22. The topological polar surface area (TPSA) is 17.8 Å². The number of fused-ring (bicyclic) bond motifs is 1. The predicted molar refractivity (Wildman–Crippen MR) is 70.2 cm³/mol. The fraction of sp³-hybridized carbons (Fsp3) is 0.0714. The van der Waals surface area contributed by atoms with Crippen LogP contribution >= 0.6 is 11.6 Å². The Bertz CT molecular complexity index is 798. The second-order valence-electron chi connectivity index (χ2n) is 4.38. The number of aromatic nitrogens is 2. The minimum atomic E-state index is -0.937. The molecule has 2 nitrogen and oxygen atoms in total. The van der Waals surface area contributed by atoms with Gasteiger partial charge >= 0.3 is 0 Å². The number of halogens is 4. The molecule has 2 aromatic carbocycles. The number of rotatable bonds is 2. The summed E-state index contributed by atoms with van der Waals surface area (Å²) in [5.41, 5.74) is 1.56. The summed E-state index contributed by atoms with van der Waals surface area (Å²) in [6, 6.07) is 6.45. The first kappa shape index (κ1) is 13.0. The first-order valence-electron chi connectivity index (χ1n) is 5.78. The van der Waals surface area contributed by atoms with Gasteiger partial charge in [0.1, 0.15) is 5.82 Å². The zero-order chi connectivity index (χ0) is 14.3. The number of imidazole rings is 1. The molecule has 0 aliphatic rings. The van der Waals surface area contributed by atoms with Crippen molar-refractivity contribution in [2.24, 2.45) is 0 Å². The third-order valence-corrected chi connectivity index (χ3v) is 3.29. The van der Waals surface area contributed by atoms with Gasteiger partial charge in [-0.2, -0.15) is 0 Å². The molecule has 3 rings (SSSR count). The predicted octanol–water partition coefficient (Wildman–Crippen LogP) is 4.16. The van der Waals surface area contributed by atoms with Crippen molar-refractivity contribution < 1.29 is 13.2 Å². The highest BCUT2D eigenvalue weighted by Crippen LogP contribution is 2.20. The molecule has 0 fully saturated rings. The Morgan fingerprint density at radius 2 is 1.75 bits per heavy atom. The highest BCUT2D eigenvalue weighted by Gasteiger charge is 2.10. The van der Waals surface area contributed by atoms with Crippen LogP contribution in [0.5, 0.6) is 0 Å². The number of hydrogen-bond acceptors (Lipinski definition) is 1. The van der Waals surface area contributed by atoms with Gasteiger partial charge < -0.3 is 4.57 Å². The second kappa shape index (κ2) is 4.83. The van der Waals surface area contributed by atoms with Crippen LogP contribution in [-0.4, -0.2) is 9.55 Å². The van der Waals surface area contributed by atoms with Crippen LogP contribution in [0.4, 0.5) is 13.2 Å². The third-order valence-electron chi connectivity index (χ3n) is 3.00. The molecule has 3 aromatic rings. The van der Waals surface area contributed by atoms with Gasteiger partial charge in [0, 0.05) is 18.7 Å². The van der Waals surface area contributed by atoms with Gasteiger partial charge in [0.2, 0.25) is 0 Å². The average Bonchev–Trinajstić information content (AvgIpc) is 2.77. The Morgan fingerprint density at radius 3 is 2.50 bits per heavy atom. The van der Waals surface area contributed by atoms with E-state index in [1.54, 1.807) is 10.6 Å². The summed E-state index contributed by atoms with van der Waals surface area (Å²) in [6.45, 7) is 0.335. The van der Waals surface area contributed by atoms with Crippen LogP contribution in [0.15, 0.2) is 36.7 Å². The van der Waals surface area contributed by atoms with Crippen molar-refractivity contribution in [2.75, 3.05) is 0 Å². The van der Waals surface area contributed by atoms with Crippen molar-refractivity contribution in [1.82, 2.24) is 9.55 Å². The molecule has 1 aromatic heterocycles. The molecule has 0 aliphatic carbocycles. The van der Waals surface area contributed by atoms with Gasteiger partial charge in [-0.1, -0.05) is 17.7 Å². The lowest BCUT2D eigenvalue weighted by molar-refractivity contribution is 0.510. The van der Waals surface area contributed by atoms with Crippen molar-refractivity contribution in [1.29, 1.82) is 0 Å². The summed E-state index contributed by atoms with van der Waals surface area (Å²) < 4.78 is 41.1. The lowest BCUT2D eigenvalue weighted by Crippen LogP contribution is -1.99. The molecule has 20 heavy (non-hydrogen) atoms. The van der Waals surface area contributed by atoms with Crippen molar-refractivity contribution in [3.8, 4) is 0 Å². The molecule has 0 N–H and O–H groups in total. The Hall–Kier alpha value is -2.01. The van der Waals surface area contributed by atoms with Crippen LogP contribution < -0.4 is 0 Å². The van der Waals surface area contributed by atoms with E-state index in [4.69, 9.17) is 11.6 Å². The van der Waals surface area contributed by atoms with Crippen LogP contribution in [0.3, 0.4) is 0 Å². The van der Waals surface area contributed by atoms with Crippen molar-refractivity contribution in [2.45, 2.75) is 6.54 Å². The first-order chi connectivity index (χ1) is 9.54. The molecule has 0 saturated heterocycles. The van der Waals surface area contributed by atoms with Gasteiger partial charge in [0.15, 0.2) is 11.6 Å². The van der Waals surface area contributed by atoms with E-state index in [9.17, 15) is 13.2 Å². The smallest absolute Gasteiger partial charge is 0.161 e. The molecule has 0 saturated carbocycles. The van der Waals surface area contributed by atoms with E-state index >= 15 is 0 Å². The maximum absolute atomic E-state index is 13.3. The van der Waals surface area contributed by atoms with Gasteiger partial charge in [-0.15, -0.1) is 0 Å². The summed E-state index contributed by atoms with van der Waals surface area (Å²) in [5, 5.41) is 0.0177. The maximum Gasteiger partial charge on any atom is 0.161 e. The molecule has 0 amide bonds. The van der Waals surface area contributed by atoms with Gasteiger partial charge in [-0.3, -0.25) is 0 Å². The Kier molecular flexibility index (Phi) is 3.14. The van der Waals surface area contributed by atoms with E-state index < -0.39 is 17.5 Å². The number of nitrogens with zero attached hydrogens (tertiary/aromatic N) is 2. The third kappa shape index (κ3) is 2.25. The summed E-state index contributed by atoms with van der Waals surface area (Å²) in [7, 11) is 0. The number of hydrogen-bond donors (Lipinski definition) is 0. The first-order valence-corrected chi connectivity index (χ1v) is 6.16. The molecule has 6 heteroatoms. The summed E-state index contributed by atoms with van der Waals surface area (Å²) >= 11 is 5.71. The zero-order valence-electron chi connectivity index (χ0n) is 10.1. The van der Waals surface area contributed by atoms with Gasteiger partial charge in [-0.05, 0) is 17.7 Å². The highest BCUT2D eigenvalue weighted by molar-refractivity contribution is 6.30.